The Hall–Kier alpha value is -2.10. The first-order valence-electron chi connectivity index (χ1n) is 7.40. The van der Waals surface area contributed by atoms with Gasteiger partial charge in [0, 0.05) is 19.5 Å². The molecule has 3 rings (SSSR count). The van der Waals surface area contributed by atoms with Crippen molar-refractivity contribution in [2.45, 2.75) is 31.7 Å². The van der Waals surface area contributed by atoms with Gasteiger partial charge < -0.3 is 10.0 Å². The third-order valence-electron chi connectivity index (χ3n) is 4.39. The van der Waals surface area contributed by atoms with Crippen molar-refractivity contribution in [3.8, 4) is 0 Å². The van der Waals surface area contributed by atoms with Gasteiger partial charge >= 0.3 is 5.97 Å². The number of carboxylic acids is 1. The fourth-order valence-electron chi connectivity index (χ4n) is 3.23. The highest BCUT2D eigenvalue weighted by Gasteiger charge is 2.32. The molecule has 1 aliphatic heterocycles. The van der Waals surface area contributed by atoms with E-state index in [4.69, 9.17) is 0 Å². The van der Waals surface area contributed by atoms with Crippen LogP contribution in [0.1, 0.15) is 36.3 Å². The van der Waals surface area contributed by atoms with Gasteiger partial charge in [0.25, 0.3) is 0 Å². The van der Waals surface area contributed by atoms with E-state index in [1.807, 2.05) is 24.3 Å². The second-order valence-corrected chi connectivity index (χ2v) is 5.83. The summed E-state index contributed by atoms with van der Waals surface area (Å²) < 4.78 is 0. The van der Waals surface area contributed by atoms with E-state index in [-0.39, 0.29) is 12.5 Å². The van der Waals surface area contributed by atoms with Crippen LogP contribution in [0.2, 0.25) is 0 Å². The zero-order chi connectivity index (χ0) is 14.8. The lowest BCUT2D eigenvalue weighted by molar-refractivity contribution is -0.141. The number of carbonyl (C=O) groups excluding carboxylic acids is 1. The number of fused-ring (bicyclic) bond motifs is 1. The molecule has 1 aromatic carbocycles. The summed E-state index contributed by atoms with van der Waals surface area (Å²) in [6.07, 6.45) is 6.77. The number of benzene rings is 1. The van der Waals surface area contributed by atoms with Crippen molar-refractivity contribution in [2.75, 3.05) is 6.54 Å². The highest BCUT2D eigenvalue weighted by molar-refractivity contribution is 5.81. The summed E-state index contributed by atoms with van der Waals surface area (Å²) in [5.41, 5.74) is 1.79. The minimum absolute atomic E-state index is 0.0623. The summed E-state index contributed by atoms with van der Waals surface area (Å²) in [5, 5.41) is 9.42. The van der Waals surface area contributed by atoms with Crippen LogP contribution in [-0.2, 0) is 16.1 Å². The molecule has 1 heterocycles. The Morgan fingerprint density at radius 3 is 2.81 bits per heavy atom. The molecule has 1 amide bonds. The van der Waals surface area contributed by atoms with E-state index >= 15 is 0 Å². The minimum atomic E-state index is -0.860. The SMILES string of the molecule is O=C(O)C1CN(C(=O)CC2C=CCC2)Cc2ccccc21. The number of amides is 1. The van der Waals surface area contributed by atoms with Gasteiger partial charge in [-0.2, -0.15) is 0 Å². The van der Waals surface area contributed by atoms with E-state index < -0.39 is 11.9 Å². The lowest BCUT2D eigenvalue weighted by Crippen LogP contribution is -2.41. The quantitative estimate of drug-likeness (QED) is 0.868. The van der Waals surface area contributed by atoms with Gasteiger partial charge in [-0.15, -0.1) is 0 Å². The van der Waals surface area contributed by atoms with Crippen molar-refractivity contribution in [3.05, 3.63) is 47.5 Å². The van der Waals surface area contributed by atoms with E-state index in [0.717, 1.165) is 24.0 Å². The van der Waals surface area contributed by atoms with Crippen molar-refractivity contribution in [1.29, 1.82) is 0 Å². The number of hydrogen-bond donors (Lipinski definition) is 1. The van der Waals surface area contributed by atoms with Gasteiger partial charge in [-0.05, 0) is 29.9 Å². The molecule has 4 heteroatoms. The van der Waals surface area contributed by atoms with E-state index in [0.29, 0.717) is 18.9 Å². The lowest BCUT2D eigenvalue weighted by Gasteiger charge is -2.33. The van der Waals surface area contributed by atoms with Gasteiger partial charge in [0.2, 0.25) is 5.91 Å². The maximum Gasteiger partial charge on any atom is 0.312 e. The van der Waals surface area contributed by atoms with Gasteiger partial charge in [0.15, 0.2) is 0 Å². The van der Waals surface area contributed by atoms with Crippen LogP contribution in [0.5, 0.6) is 0 Å². The van der Waals surface area contributed by atoms with Gasteiger partial charge in [-0.3, -0.25) is 9.59 Å². The summed E-state index contributed by atoms with van der Waals surface area (Å²) in [6, 6.07) is 7.52. The number of carbonyl (C=O) groups is 2. The highest BCUT2D eigenvalue weighted by atomic mass is 16.4. The Morgan fingerprint density at radius 2 is 2.10 bits per heavy atom. The fraction of sp³-hybridized carbons (Fsp3) is 0.412. The number of rotatable bonds is 3. The molecule has 2 aliphatic rings. The van der Waals surface area contributed by atoms with Crippen molar-refractivity contribution in [1.82, 2.24) is 4.90 Å². The average molecular weight is 285 g/mol. The molecular formula is C17H19NO3. The molecule has 1 aliphatic carbocycles. The van der Waals surface area contributed by atoms with Crippen LogP contribution in [0.15, 0.2) is 36.4 Å². The Balaban J connectivity index is 1.77. The standard InChI is InChI=1S/C17H19NO3/c19-16(9-12-5-1-2-6-12)18-10-13-7-3-4-8-14(13)15(11-18)17(20)21/h1,3-5,7-8,12,15H,2,6,9-11H2,(H,20,21). The van der Waals surface area contributed by atoms with Crippen LogP contribution in [0.3, 0.4) is 0 Å². The second kappa shape index (κ2) is 5.72. The molecule has 0 saturated heterocycles. The van der Waals surface area contributed by atoms with Gasteiger partial charge in [0.05, 0.1) is 5.92 Å². The average Bonchev–Trinajstić information content (AvgIpc) is 2.98. The third-order valence-corrected chi connectivity index (χ3v) is 4.39. The molecule has 0 aromatic heterocycles. The van der Waals surface area contributed by atoms with Gasteiger partial charge in [-0.25, -0.2) is 0 Å². The zero-order valence-electron chi connectivity index (χ0n) is 11.9. The summed E-state index contributed by atoms with van der Waals surface area (Å²) in [7, 11) is 0. The van der Waals surface area contributed by atoms with E-state index in [9.17, 15) is 14.7 Å². The van der Waals surface area contributed by atoms with Crippen molar-refractivity contribution >= 4 is 11.9 Å². The van der Waals surface area contributed by atoms with Crippen LogP contribution < -0.4 is 0 Å². The molecule has 110 valence electrons. The highest BCUT2D eigenvalue weighted by Crippen LogP contribution is 2.30. The molecule has 1 N–H and O–H groups in total. The Kier molecular flexibility index (Phi) is 3.78. The number of carboxylic acid groups (broad SMARTS) is 1. The second-order valence-electron chi connectivity index (χ2n) is 5.83. The monoisotopic (exact) mass is 285 g/mol. The first-order chi connectivity index (χ1) is 10.1. The van der Waals surface area contributed by atoms with Gasteiger partial charge in [-0.1, -0.05) is 36.4 Å². The van der Waals surface area contributed by atoms with Crippen LogP contribution >= 0.6 is 0 Å². The maximum atomic E-state index is 12.4. The van der Waals surface area contributed by atoms with Crippen molar-refractivity contribution in [2.24, 2.45) is 5.92 Å². The molecule has 0 radical (unpaired) electrons. The topological polar surface area (TPSA) is 57.6 Å². The molecule has 2 atom stereocenters. The van der Waals surface area contributed by atoms with Crippen molar-refractivity contribution < 1.29 is 14.7 Å². The zero-order valence-corrected chi connectivity index (χ0v) is 11.9. The normalized spacial score (nSPS) is 23.9. The number of hydrogen-bond acceptors (Lipinski definition) is 2. The third kappa shape index (κ3) is 2.84. The van der Waals surface area contributed by atoms with Crippen LogP contribution in [-0.4, -0.2) is 28.4 Å². The Labute approximate surface area is 124 Å². The molecular weight excluding hydrogens is 266 g/mol. The van der Waals surface area contributed by atoms with Crippen molar-refractivity contribution in [3.63, 3.8) is 0 Å². The number of nitrogens with zero attached hydrogens (tertiary/aromatic N) is 1. The molecule has 0 fully saturated rings. The Morgan fingerprint density at radius 1 is 1.29 bits per heavy atom. The lowest BCUT2D eigenvalue weighted by atomic mass is 9.89. The van der Waals surface area contributed by atoms with Crippen LogP contribution in [0.4, 0.5) is 0 Å². The first-order valence-corrected chi connectivity index (χ1v) is 7.40. The summed E-state index contributed by atoms with van der Waals surface area (Å²) in [6.45, 7) is 0.802. The van der Waals surface area contributed by atoms with E-state index in [2.05, 4.69) is 12.2 Å². The smallest absolute Gasteiger partial charge is 0.312 e. The summed E-state index contributed by atoms with van der Waals surface area (Å²) in [5.74, 6) is -1.09. The Bertz CT molecular complexity index is 593. The molecule has 4 nitrogen and oxygen atoms in total. The first kappa shape index (κ1) is 13.9. The molecule has 0 spiro atoms. The van der Waals surface area contributed by atoms with Crippen LogP contribution in [0, 0.1) is 5.92 Å². The maximum absolute atomic E-state index is 12.4. The largest absolute Gasteiger partial charge is 0.481 e. The van der Waals surface area contributed by atoms with Crippen LogP contribution in [0.25, 0.3) is 0 Å². The summed E-state index contributed by atoms with van der Waals surface area (Å²) in [4.78, 5) is 25.6. The predicted octanol–water partition coefficient (Wildman–Crippen LogP) is 2.55. The predicted molar refractivity (Wildman–Crippen MR) is 78.7 cm³/mol. The minimum Gasteiger partial charge on any atom is -0.481 e. The van der Waals surface area contributed by atoms with E-state index in [1.54, 1.807) is 4.90 Å². The molecule has 21 heavy (non-hydrogen) atoms. The number of allylic oxidation sites excluding steroid dienone is 2. The summed E-state index contributed by atoms with van der Waals surface area (Å²) >= 11 is 0. The van der Waals surface area contributed by atoms with Gasteiger partial charge in [0.1, 0.15) is 0 Å². The molecule has 0 saturated carbocycles. The molecule has 1 aromatic rings. The van der Waals surface area contributed by atoms with E-state index in [1.165, 1.54) is 0 Å². The number of aliphatic carboxylic acids is 1. The fourth-order valence-corrected chi connectivity index (χ4v) is 3.23. The molecule has 2 unspecified atom stereocenters. The molecule has 0 bridgehead atoms.